The Morgan fingerprint density at radius 3 is 2.03 bits per heavy atom. The van der Waals surface area contributed by atoms with Crippen molar-refractivity contribution in [3.8, 4) is 16.9 Å². The maximum atomic E-state index is 12.2. The lowest BCUT2D eigenvalue weighted by atomic mass is 10.0. The summed E-state index contributed by atoms with van der Waals surface area (Å²) in [5.41, 5.74) is 7.89. The molecule has 0 saturated heterocycles. The van der Waals surface area contributed by atoms with Crippen molar-refractivity contribution in [2.45, 2.75) is 0 Å². The summed E-state index contributed by atoms with van der Waals surface area (Å²) in [6, 6.07) is 23.1. The second-order valence-electron chi connectivity index (χ2n) is 6.18. The van der Waals surface area contributed by atoms with Crippen LogP contribution in [0, 0.1) is 0 Å². The maximum Gasteiger partial charge on any atom is 0.344 e. The third-order valence-corrected chi connectivity index (χ3v) is 4.18. The highest BCUT2D eigenvalue weighted by molar-refractivity contribution is 5.98. The molecule has 0 atom stereocenters. The molecule has 6 nitrogen and oxygen atoms in total. The van der Waals surface area contributed by atoms with Crippen molar-refractivity contribution in [3.05, 3.63) is 90.0 Å². The van der Waals surface area contributed by atoms with E-state index in [1.807, 2.05) is 42.5 Å². The molecule has 3 rings (SSSR count). The number of hydrogen-bond acceptors (Lipinski definition) is 5. The summed E-state index contributed by atoms with van der Waals surface area (Å²) >= 11 is 0. The summed E-state index contributed by atoms with van der Waals surface area (Å²) in [6.07, 6.45) is 0. The number of para-hydroxylation sites is 1. The van der Waals surface area contributed by atoms with Crippen LogP contribution in [0.2, 0.25) is 0 Å². The molecule has 0 aromatic heterocycles. The Bertz CT molecular complexity index is 1010. The Hall–Kier alpha value is -3.93. The molecule has 0 unspecified atom stereocenters. The smallest absolute Gasteiger partial charge is 0.344 e. The third-order valence-electron chi connectivity index (χ3n) is 4.18. The highest BCUT2D eigenvalue weighted by Crippen LogP contribution is 2.19. The lowest BCUT2D eigenvalue weighted by Gasteiger charge is -2.09. The number of amides is 1. The van der Waals surface area contributed by atoms with Crippen LogP contribution in [0.15, 0.2) is 78.9 Å². The molecule has 146 valence electrons. The van der Waals surface area contributed by atoms with Gasteiger partial charge in [-0.3, -0.25) is 9.59 Å². The van der Waals surface area contributed by atoms with Crippen LogP contribution in [0.25, 0.3) is 11.1 Å². The van der Waals surface area contributed by atoms with Gasteiger partial charge >= 0.3 is 5.97 Å². The highest BCUT2D eigenvalue weighted by Gasteiger charge is 2.13. The van der Waals surface area contributed by atoms with E-state index < -0.39 is 25.1 Å². The molecule has 0 bridgehead atoms. The number of Topliss-reactive ketones (excluding diaryl/α,β-unsaturated/α-hetero) is 1. The zero-order chi connectivity index (χ0) is 20.6. The molecule has 0 aliphatic heterocycles. The molecule has 29 heavy (non-hydrogen) atoms. The zero-order valence-electron chi connectivity index (χ0n) is 15.5. The normalized spacial score (nSPS) is 10.2. The Kier molecular flexibility index (Phi) is 6.37. The van der Waals surface area contributed by atoms with Crippen LogP contribution in [0.4, 0.5) is 0 Å². The molecular formula is C23H19NO5. The fourth-order valence-electron chi connectivity index (χ4n) is 2.68. The Morgan fingerprint density at radius 1 is 0.724 bits per heavy atom. The van der Waals surface area contributed by atoms with Crippen LogP contribution in [-0.4, -0.2) is 30.9 Å². The molecule has 3 aromatic carbocycles. The average Bonchev–Trinajstić information content (AvgIpc) is 2.77. The molecule has 0 aliphatic rings. The summed E-state index contributed by atoms with van der Waals surface area (Å²) in [5.74, 6) is -1.53. The quantitative estimate of drug-likeness (QED) is 0.471. The predicted octanol–water partition coefficient (Wildman–Crippen LogP) is 3.26. The first-order valence-corrected chi connectivity index (χ1v) is 8.90. The fourth-order valence-corrected chi connectivity index (χ4v) is 2.68. The van der Waals surface area contributed by atoms with Crippen molar-refractivity contribution in [1.29, 1.82) is 0 Å². The Balaban J connectivity index is 1.51. The number of benzene rings is 3. The van der Waals surface area contributed by atoms with E-state index in [4.69, 9.17) is 15.2 Å². The SMILES string of the molecule is NC(=O)c1ccccc1OCC(=O)OCC(=O)c1ccc(-c2ccccc2)cc1. The highest BCUT2D eigenvalue weighted by atomic mass is 16.6. The van der Waals surface area contributed by atoms with Gasteiger partial charge in [0.05, 0.1) is 5.56 Å². The van der Waals surface area contributed by atoms with Crippen LogP contribution in [0.3, 0.4) is 0 Å². The van der Waals surface area contributed by atoms with E-state index >= 15 is 0 Å². The summed E-state index contributed by atoms with van der Waals surface area (Å²) in [5, 5.41) is 0. The summed E-state index contributed by atoms with van der Waals surface area (Å²) < 4.78 is 10.2. The summed E-state index contributed by atoms with van der Waals surface area (Å²) in [7, 11) is 0. The van der Waals surface area contributed by atoms with E-state index in [9.17, 15) is 14.4 Å². The van der Waals surface area contributed by atoms with Gasteiger partial charge in [-0.15, -0.1) is 0 Å². The monoisotopic (exact) mass is 389 g/mol. The van der Waals surface area contributed by atoms with Crippen LogP contribution in [0.1, 0.15) is 20.7 Å². The van der Waals surface area contributed by atoms with Gasteiger partial charge in [0.2, 0.25) is 0 Å². The van der Waals surface area contributed by atoms with Gasteiger partial charge in [-0.1, -0.05) is 66.7 Å². The van der Waals surface area contributed by atoms with Crippen molar-refractivity contribution >= 4 is 17.7 Å². The minimum atomic E-state index is -0.724. The zero-order valence-corrected chi connectivity index (χ0v) is 15.5. The van der Waals surface area contributed by atoms with E-state index in [2.05, 4.69) is 0 Å². The number of hydrogen-bond donors (Lipinski definition) is 1. The molecule has 2 N–H and O–H groups in total. The fraction of sp³-hybridized carbons (Fsp3) is 0.0870. The van der Waals surface area contributed by atoms with Gasteiger partial charge in [0.15, 0.2) is 19.0 Å². The van der Waals surface area contributed by atoms with E-state index in [0.717, 1.165) is 11.1 Å². The van der Waals surface area contributed by atoms with Crippen molar-refractivity contribution in [1.82, 2.24) is 0 Å². The van der Waals surface area contributed by atoms with E-state index in [-0.39, 0.29) is 17.1 Å². The molecule has 1 amide bonds. The van der Waals surface area contributed by atoms with Crippen molar-refractivity contribution in [2.24, 2.45) is 5.73 Å². The second kappa shape index (κ2) is 9.32. The molecule has 0 aliphatic carbocycles. The van der Waals surface area contributed by atoms with Crippen molar-refractivity contribution in [3.63, 3.8) is 0 Å². The van der Waals surface area contributed by atoms with E-state index in [1.54, 1.807) is 24.3 Å². The minimum Gasteiger partial charge on any atom is -0.481 e. The van der Waals surface area contributed by atoms with Crippen molar-refractivity contribution in [2.75, 3.05) is 13.2 Å². The first kappa shape index (κ1) is 19.8. The standard InChI is InChI=1S/C23H19NO5/c24-23(27)19-8-4-5-9-21(19)28-15-22(26)29-14-20(25)18-12-10-17(11-13-18)16-6-2-1-3-7-16/h1-13H,14-15H2,(H2,24,27). The van der Waals surface area contributed by atoms with Crippen molar-refractivity contribution < 1.29 is 23.9 Å². The average molecular weight is 389 g/mol. The van der Waals surface area contributed by atoms with Gasteiger partial charge in [-0.25, -0.2) is 4.79 Å². The number of carbonyl (C=O) groups is 3. The van der Waals surface area contributed by atoms with Gasteiger partial charge in [-0.05, 0) is 23.3 Å². The maximum absolute atomic E-state index is 12.2. The lowest BCUT2D eigenvalue weighted by Crippen LogP contribution is -2.20. The number of carbonyl (C=O) groups excluding carboxylic acids is 3. The topological polar surface area (TPSA) is 95.7 Å². The molecule has 0 radical (unpaired) electrons. The first-order valence-electron chi connectivity index (χ1n) is 8.90. The summed E-state index contributed by atoms with van der Waals surface area (Å²) in [4.78, 5) is 35.4. The Labute approximate surface area is 167 Å². The second-order valence-corrected chi connectivity index (χ2v) is 6.18. The van der Waals surface area contributed by atoms with Crippen LogP contribution < -0.4 is 10.5 Å². The number of primary amides is 1. The number of ether oxygens (including phenoxy) is 2. The molecule has 6 heteroatoms. The van der Waals surface area contributed by atoms with Crippen LogP contribution in [-0.2, 0) is 9.53 Å². The van der Waals surface area contributed by atoms with Gasteiger partial charge in [0.1, 0.15) is 5.75 Å². The number of esters is 1. The number of rotatable bonds is 8. The third kappa shape index (κ3) is 5.29. The number of ketones is 1. The lowest BCUT2D eigenvalue weighted by molar-refractivity contribution is -0.144. The number of nitrogens with two attached hydrogens (primary N) is 1. The Morgan fingerprint density at radius 2 is 1.34 bits per heavy atom. The molecule has 3 aromatic rings. The summed E-state index contributed by atoms with van der Waals surface area (Å²) in [6.45, 7) is -0.838. The van der Waals surface area contributed by atoms with Gasteiger partial charge in [0.25, 0.3) is 5.91 Å². The molecule has 0 saturated carbocycles. The first-order chi connectivity index (χ1) is 14.0. The minimum absolute atomic E-state index is 0.162. The largest absolute Gasteiger partial charge is 0.481 e. The van der Waals surface area contributed by atoms with Gasteiger partial charge < -0.3 is 15.2 Å². The van der Waals surface area contributed by atoms with E-state index in [1.165, 1.54) is 12.1 Å². The predicted molar refractivity (Wildman–Crippen MR) is 108 cm³/mol. The van der Waals surface area contributed by atoms with Crippen LogP contribution in [0.5, 0.6) is 5.75 Å². The van der Waals surface area contributed by atoms with E-state index in [0.29, 0.717) is 5.56 Å². The van der Waals surface area contributed by atoms with Gasteiger partial charge in [0, 0.05) is 5.56 Å². The van der Waals surface area contributed by atoms with Gasteiger partial charge in [-0.2, -0.15) is 0 Å². The molecule has 0 fully saturated rings. The van der Waals surface area contributed by atoms with Crippen LogP contribution >= 0.6 is 0 Å². The molecule has 0 spiro atoms. The molecular weight excluding hydrogens is 370 g/mol. The molecule has 0 heterocycles.